The van der Waals surface area contributed by atoms with Crippen LogP contribution in [0.25, 0.3) is 11.0 Å². The molecule has 144 valence electrons. The van der Waals surface area contributed by atoms with Gasteiger partial charge in [0.05, 0.1) is 18.6 Å². The number of morpholine rings is 1. The SMILES string of the molecule is Cc1cc(CN2CCc3ccccc32)c2oc(N3CCOCC3)cc(=O)c2c1. The molecule has 1 aromatic heterocycles. The van der Waals surface area contributed by atoms with Crippen molar-refractivity contribution in [2.75, 3.05) is 42.6 Å². The zero-order valence-corrected chi connectivity index (χ0v) is 16.1. The van der Waals surface area contributed by atoms with Crippen LogP contribution in [0.5, 0.6) is 0 Å². The molecule has 28 heavy (non-hydrogen) atoms. The molecule has 2 aromatic carbocycles. The molecule has 2 aliphatic heterocycles. The Morgan fingerprint density at radius 1 is 1.04 bits per heavy atom. The average Bonchev–Trinajstić information content (AvgIpc) is 3.12. The van der Waals surface area contributed by atoms with Crippen LogP contribution < -0.4 is 15.2 Å². The molecule has 5 rings (SSSR count). The number of benzene rings is 2. The Kier molecular flexibility index (Phi) is 4.32. The second-order valence-electron chi connectivity index (χ2n) is 7.65. The number of aryl methyl sites for hydroxylation is 1. The maximum atomic E-state index is 12.9. The van der Waals surface area contributed by atoms with Crippen LogP contribution >= 0.6 is 0 Å². The molecule has 0 unspecified atom stereocenters. The van der Waals surface area contributed by atoms with E-state index in [2.05, 4.69) is 40.1 Å². The molecule has 0 saturated carbocycles. The van der Waals surface area contributed by atoms with Gasteiger partial charge in [0.15, 0.2) is 11.3 Å². The molecular weight excluding hydrogens is 352 g/mol. The second-order valence-corrected chi connectivity index (χ2v) is 7.65. The molecule has 0 N–H and O–H groups in total. The molecule has 5 heteroatoms. The first-order valence-electron chi connectivity index (χ1n) is 9.92. The molecule has 0 bridgehead atoms. The van der Waals surface area contributed by atoms with Gasteiger partial charge in [-0.15, -0.1) is 0 Å². The van der Waals surface area contributed by atoms with Crippen molar-refractivity contribution in [3.8, 4) is 0 Å². The van der Waals surface area contributed by atoms with Crippen molar-refractivity contribution < 1.29 is 9.15 Å². The predicted molar refractivity (Wildman–Crippen MR) is 111 cm³/mol. The molecule has 0 spiro atoms. The lowest BCUT2D eigenvalue weighted by Crippen LogP contribution is -2.36. The fraction of sp³-hybridized carbons (Fsp3) is 0.348. The van der Waals surface area contributed by atoms with Gasteiger partial charge >= 0.3 is 0 Å². The van der Waals surface area contributed by atoms with Gasteiger partial charge in [0.25, 0.3) is 0 Å². The highest BCUT2D eigenvalue weighted by molar-refractivity contribution is 5.82. The van der Waals surface area contributed by atoms with E-state index in [9.17, 15) is 4.79 Å². The maximum Gasteiger partial charge on any atom is 0.200 e. The van der Waals surface area contributed by atoms with Crippen LogP contribution in [0.4, 0.5) is 11.6 Å². The van der Waals surface area contributed by atoms with Crippen molar-refractivity contribution >= 4 is 22.5 Å². The largest absolute Gasteiger partial charge is 0.440 e. The first-order valence-corrected chi connectivity index (χ1v) is 9.92. The number of nitrogens with zero attached hydrogens (tertiary/aromatic N) is 2. The van der Waals surface area contributed by atoms with E-state index in [1.54, 1.807) is 6.07 Å². The van der Waals surface area contributed by atoms with Crippen LogP contribution in [0.15, 0.2) is 51.7 Å². The molecule has 0 atom stereocenters. The van der Waals surface area contributed by atoms with Crippen molar-refractivity contribution in [2.24, 2.45) is 0 Å². The Bertz CT molecular complexity index is 1080. The Balaban J connectivity index is 1.58. The van der Waals surface area contributed by atoms with Crippen molar-refractivity contribution in [3.63, 3.8) is 0 Å². The van der Waals surface area contributed by atoms with Gasteiger partial charge in [-0.3, -0.25) is 4.79 Å². The molecule has 2 aliphatic rings. The monoisotopic (exact) mass is 376 g/mol. The van der Waals surface area contributed by atoms with Crippen LogP contribution in [-0.4, -0.2) is 32.8 Å². The Morgan fingerprint density at radius 3 is 2.71 bits per heavy atom. The molecule has 0 aliphatic carbocycles. The number of ether oxygens (including phenoxy) is 1. The summed E-state index contributed by atoms with van der Waals surface area (Å²) in [4.78, 5) is 17.3. The minimum absolute atomic E-state index is 0.0227. The smallest absolute Gasteiger partial charge is 0.200 e. The number of anilines is 2. The van der Waals surface area contributed by atoms with Crippen LogP contribution in [0, 0.1) is 6.92 Å². The van der Waals surface area contributed by atoms with E-state index in [4.69, 9.17) is 9.15 Å². The number of para-hydroxylation sites is 1. The van der Waals surface area contributed by atoms with Gasteiger partial charge in [0.1, 0.15) is 5.58 Å². The van der Waals surface area contributed by atoms with Gasteiger partial charge < -0.3 is 19.0 Å². The van der Waals surface area contributed by atoms with Gasteiger partial charge in [-0.2, -0.15) is 0 Å². The third kappa shape index (κ3) is 3.06. The summed E-state index contributed by atoms with van der Waals surface area (Å²) in [6.07, 6.45) is 1.06. The Labute approximate surface area is 164 Å². The molecule has 3 heterocycles. The van der Waals surface area contributed by atoms with Crippen molar-refractivity contribution in [2.45, 2.75) is 19.9 Å². The predicted octanol–water partition coefficient (Wildman–Crippen LogP) is 3.50. The van der Waals surface area contributed by atoms with Crippen molar-refractivity contribution in [1.82, 2.24) is 0 Å². The van der Waals surface area contributed by atoms with Crippen molar-refractivity contribution in [1.29, 1.82) is 0 Å². The van der Waals surface area contributed by atoms with Gasteiger partial charge in [0.2, 0.25) is 0 Å². The fourth-order valence-electron chi connectivity index (χ4n) is 4.31. The molecule has 3 aromatic rings. The molecule has 1 saturated heterocycles. The average molecular weight is 376 g/mol. The van der Waals surface area contributed by atoms with E-state index in [1.165, 1.54) is 11.3 Å². The lowest BCUT2D eigenvalue weighted by Gasteiger charge is -2.27. The highest BCUT2D eigenvalue weighted by Gasteiger charge is 2.21. The lowest BCUT2D eigenvalue weighted by atomic mass is 10.1. The van der Waals surface area contributed by atoms with Crippen LogP contribution in [-0.2, 0) is 17.7 Å². The number of hydrogen-bond acceptors (Lipinski definition) is 5. The minimum atomic E-state index is 0.0227. The normalized spacial score (nSPS) is 16.6. The quantitative estimate of drug-likeness (QED) is 0.700. The van der Waals surface area contributed by atoms with E-state index in [-0.39, 0.29) is 5.43 Å². The summed E-state index contributed by atoms with van der Waals surface area (Å²) in [6.45, 7) is 6.58. The molecule has 5 nitrogen and oxygen atoms in total. The van der Waals surface area contributed by atoms with Gasteiger partial charge in [0, 0.05) is 43.5 Å². The summed E-state index contributed by atoms with van der Waals surface area (Å²) >= 11 is 0. The third-order valence-corrected chi connectivity index (χ3v) is 5.70. The van der Waals surface area contributed by atoms with Crippen LogP contribution in [0.2, 0.25) is 0 Å². The van der Waals surface area contributed by atoms with Crippen molar-refractivity contribution in [3.05, 3.63) is 69.4 Å². The number of fused-ring (bicyclic) bond motifs is 2. The summed E-state index contributed by atoms with van der Waals surface area (Å²) in [6, 6.07) is 14.3. The van der Waals surface area contributed by atoms with E-state index in [0.29, 0.717) is 30.1 Å². The molecule has 1 fully saturated rings. The Morgan fingerprint density at radius 2 is 1.86 bits per heavy atom. The Hall–Kier alpha value is -2.79. The highest BCUT2D eigenvalue weighted by atomic mass is 16.5. The molecule has 0 radical (unpaired) electrons. The van der Waals surface area contributed by atoms with Gasteiger partial charge in [-0.25, -0.2) is 0 Å². The summed E-state index contributed by atoms with van der Waals surface area (Å²) in [7, 11) is 0. The van der Waals surface area contributed by atoms with Gasteiger partial charge in [-0.05, 0) is 36.6 Å². The third-order valence-electron chi connectivity index (χ3n) is 5.70. The van der Waals surface area contributed by atoms with Gasteiger partial charge in [-0.1, -0.05) is 24.3 Å². The summed E-state index contributed by atoms with van der Waals surface area (Å²) in [5.41, 5.74) is 5.55. The molecular formula is C23H24N2O3. The fourth-order valence-corrected chi connectivity index (χ4v) is 4.31. The summed E-state index contributed by atoms with van der Waals surface area (Å²) < 4.78 is 11.7. The maximum absolute atomic E-state index is 12.9. The summed E-state index contributed by atoms with van der Waals surface area (Å²) in [5, 5.41) is 0.666. The standard InChI is InChI=1S/C23H24N2O3/c1-16-12-18(15-25-7-6-17-4-2-3-5-20(17)25)23-19(13-16)21(26)14-22(28-23)24-8-10-27-11-9-24/h2-5,12-14H,6-11,15H2,1H3. The first-order chi connectivity index (χ1) is 13.7. The second kappa shape index (κ2) is 6.99. The van der Waals surface area contributed by atoms with E-state index in [0.717, 1.165) is 43.7 Å². The summed E-state index contributed by atoms with van der Waals surface area (Å²) in [5.74, 6) is 0.646. The zero-order chi connectivity index (χ0) is 19.1. The van der Waals surface area contributed by atoms with E-state index >= 15 is 0 Å². The minimum Gasteiger partial charge on any atom is -0.440 e. The van der Waals surface area contributed by atoms with Crippen LogP contribution in [0.1, 0.15) is 16.7 Å². The number of hydrogen-bond donors (Lipinski definition) is 0. The lowest BCUT2D eigenvalue weighted by molar-refractivity contribution is 0.121. The topological polar surface area (TPSA) is 45.9 Å². The van der Waals surface area contributed by atoms with E-state index in [1.807, 2.05) is 13.0 Å². The first kappa shape index (κ1) is 17.3. The molecule has 0 amide bonds. The van der Waals surface area contributed by atoms with Crippen LogP contribution in [0.3, 0.4) is 0 Å². The highest BCUT2D eigenvalue weighted by Crippen LogP contribution is 2.31. The number of rotatable bonds is 3. The van der Waals surface area contributed by atoms with E-state index < -0.39 is 0 Å². The zero-order valence-electron chi connectivity index (χ0n) is 16.1.